The molecular formula is C6H12N2O3. The zero-order valence-corrected chi connectivity index (χ0v) is 6.88. The summed E-state index contributed by atoms with van der Waals surface area (Å²) in [7, 11) is 0. The molecule has 0 bridgehead atoms. The van der Waals surface area contributed by atoms with Crippen LogP contribution >= 0.6 is 0 Å². The van der Waals surface area contributed by atoms with Gasteiger partial charge in [0.2, 0.25) is 0 Å². The lowest BCUT2D eigenvalue weighted by atomic mass is 10.8. The van der Waals surface area contributed by atoms with E-state index in [9.17, 15) is 9.59 Å². The second-order valence-electron chi connectivity index (χ2n) is 1.50. The van der Waals surface area contributed by atoms with Gasteiger partial charge in [-0.15, -0.1) is 0 Å². The van der Waals surface area contributed by atoms with Crippen LogP contribution < -0.4 is 11.4 Å². The standard InChI is InChI=1S/C4H6N2O3.C2H6/c1-2-6-3(7)5-4(8)9-6;1-2/h2H2,1H3,(H,5,7,8);1-2H3. The predicted molar refractivity (Wildman–Crippen MR) is 40.6 cm³/mol. The molecule has 0 unspecified atom stereocenters. The predicted octanol–water partition coefficient (Wildman–Crippen LogP) is 0.176. The monoisotopic (exact) mass is 160 g/mol. The Morgan fingerprint density at radius 1 is 1.45 bits per heavy atom. The molecule has 5 heteroatoms. The average Bonchev–Trinajstić information content (AvgIpc) is 2.33. The molecule has 0 saturated carbocycles. The summed E-state index contributed by atoms with van der Waals surface area (Å²) in [4.78, 5) is 22.7. The highest BCUT2D eigenvalue weighted by atomic mass is 16.5. The van der Waals surface area contributed by atoms with Crippen LogP contribution in [-0.4, -0.2) is 9.72 Å². The van der Waals surface area contributed by atoms with Crippen LogP contribution in [-0.2, 0) is 6.54 Å². The van der Waals surface area contributed by atoms with Gasteiger partial charge < -0.3 is 4.52 Å². The Balaban J connectivity index is 0.000000461. The van der Waals surface area contributed by atoms with Gasteiger partial charge in [-0.25, -0.2) is 14.6 Å². The largest absolute Gasteiger partial charge is 0.440 e. The number of rotatable bonds is 1. The molecule has 0 radical (unpaired) electrons. The van der Waals surface area contributed by atoms with E-state index in [1.165, 1.54) is 0 Å². The lowest BCUT2D eigenvalue weighted by Crippen LogP contribution is -2.15. The van der Waals surface area contributed by atoms with Crippen molar-refractivity contribution >= 4 is 0 Å². The number of H-pyrrole nitrogens is 1. The zero-order chi connectivity index (χ0) is 8.85. The second-order valence-corrected chi connectivity index (χ2v) is 1.50. The van der Waals surface area contributed by atoms with E-state index in [-0.39, 0.29) is 0 Å². The van der Waals surface area contributed by atoms with Crippen molar-refractivity contribution in [2.24, 2.45) is 0 Å². The van der Waals surface area contributed by atoms with Crippen molar-refractivity contribution in [3.8, 4) is 0 Å². The number of aromatic nitrogens is 2. The van der Waals surface area contributed by atoms with E-state index in [0.29, 0.717) is 6.54 Å². The van der Waals surface area contributed by atoms with E-state index < -0.39 is 11.4 Å². The van der Waals surface area contributed by atoms with Gasteiger partial charge in [0, 0.05) is 0 Å². The summed E-state index contributed by atoms with van der Waals surface area (Å²) in [5.41, 5.74) is -0.498. The highest BCUT2D eigenvalue weighted by molar-refractivity contribution is 4.53. The Morgan fingerprint density at radius 3 is 2.18 bits per heavy atom. The molecular weight excluding hydrogens is 148 g/mol. The molecule has 1 N–H and O–H groups in total. The molecule has 0 atom stereocenters. The Kier molecular flexibility index (Phi) is 4.02. The van der Waals surface area contributed by atoms with Gasteiger partial charge in [0.05, 0.1) is 6.54 Å². The van der Waals surface area contributed by atoms with Crippen LogP contribution in [0.25, 0.3) is 0 Å². The summed E-state index contributed by atoms with van der Waals surface area (Å²) in [6.45, 7) is 6.08. The SMILES string of the molecule is CC.CCn1oc(=O)[nH]c1=O. The van der Waals surface area contributed by atoms with Crippen LogP contribution in [0.3, 0.4) is 0 Å². The van der Waals surface area contributed by atoms with Crippen molar-refractivity contribution < 1.29 is 4.52 Å². The van der Waals surface area contributed by atoms with Gasteiger partial charge in [0.25, 0.3) is 0 Å². The number of nitrogens with one attached hydrogen (secondary N) is 1. The molecule has 64 valence electrons. The molecule has 0 aromatic carbocycles. The van der Waals surface area contributed by atoms with Crippen LogP contribution in [0.4, 0.5) is 0 Å². The minimum Gasteiger partial charge on any atom is -0.317 e. The van der Waals surface area contributed by atoms with Gasteiger partial charge in [-0.3, -0.25) is 0 Å². The van der Waals surface area contributed by atoms with Crippen LogP contribution in [0, 0.1) is 0 Å². The van der Waals surface area contributed by atoms with E-state index in [1.54, 1.807) is 6.92 Å². The maximum Gasteiger partial charge on any atom is 0.440 e. The topological polar surface area (TPSA) is 68.0 Å². The molecule has 1 aromatic rings. The third kappa shape index (κ3) is 2.45. The molecule has 1 rings (SSSR count). The Bertz CT molecular complexity index is 293. The minimum atomic E-state index is -0.707. The lowest BCUT2D eigenvalue weighted by molar-refractivity contribution is 0.251. The smallest absolute Gasteiger partial charge is 0.317 e. The molecule has 0 aliphatic carbocycles. The van der Waals surface area contributed by atoms with Gasteiger partial charge in [0.15, 0.2) is 0 Å². The molecule has 0 fully saturated rings. The van der Waals surface area contributed by atoms with E-state index in [1.807, 2.05) is 18.8 Å². The lowest BCUT2D eigenvalue weighted by Gasteiger charge is -1.84. The van der Waals surface area contributed by atoms with Gasteiger partial charge in [0.1, 0.15) is 0 Å². The fourth-order valence-electron chi connectivity index (χ4n) is 0.522. The van der Waals surface area contributed by atoms with Crippen molar-refractivity contribution in [1.82, 2.24) is 9.72 Å². The van der Waals surface area contributed by atoms with Crippen LogP contribution in [0.15, 0.2) is 14.1 Å². The normalized spacial score (nSPS) is 8.64. The third-order valence-corrected chi connectivity index (χ3v) is 0.916. The fraction of sp³-hybridized carbons (Fsp3) is 0.667. The van der Waals surface area contributed by atoms with Gasteiger partial charge in [-0.05, 0) is 6.92 Å². The first-order chi connectivity index (χ1) is 5.24. The zero-order valence-electron chi connectivity index (χ0n) is 6.88. The van der Waals surface area contributed by atoms with Crippen LogP contribution in [0.1, 0.15) is 20.8 Å². The van der Waals surface area contributed by atoms with E-state index in [0.717, 1.165) is 4.74 Å². The number of hydrogen-bond acceptors (Lipinski definition) is 3. The molecule has 1 aromatic heterocycles. The molecule has 0 spiro atoms. The van der Waals surface area contributed by atoms with E-state index in [4.69, 9.17) is 0 Å². The Labute approximate surface area is 63.6 Å². The van der Waals surface area contributed by atoms with E-state index >= 15 is 0 Å². The van der Waals surface area contributed by atoms with Crippen molar-refractivity contribution in [3.05, 3.63) is 21.0 Å². The quantitative estimate of drug-likeness (QED) is 0.637. The van der Waals surface area contributed by atoms with Gasteiger partial charge in [-0.1, -0.05) is 13.8 Å². The van der Waals surface area contributed by atoms with Crippen molar-refractivity contribution in [2.75, 3.05) is 0 Å². The summed E-state index contributed by atoms with van der Waals surface area (Å²) < 4.78 is 5.30. The molecule has 5 nitrogen and oxygen atoms in total. The third-order valence-electron chi connectivity index (χ3n) is 0.916. The summed E-state index contributed by atoms with van der Waals surface area (Å²) in [6, 6.07) is 0. The molecule has 0 aliphatic heterocycles. The maximum absolute atomic E-state index is 10.5. The molecule has 0 saturated heterocycles. The Morgan fingerprint density at radius 2 is 2.00 bits per heavy atom. The van der Waals surface area contributed by atoms with Crippen LogP contribution in [0.2, 0.25) is 0 Å². The summed E-state index contributed by atoms with van der Waals surface area (Å²) in [5, 5.41) is 0. The summed E-state index contributed by atoms with van der Waals surface area (Å²) in [6.07, 6.45) is 0. The maximum atomic E-state index is 10.5. The highest BCUT2D eigenvalue weighted by Crippen LogP contribution is 1.68. The summed E-state index contributed by atoms with van der Waals surface area (Å²) >= 11 is 0. The van der Waals surface area contributed by atoms with Crippen molar-refractivity contribution in [1.29, 1.82) is 0 Å². The van der Waals surface area contributed by atoms with Crippen LogP contribution in [0.5, 0.6) is 0 Å². The van der Waals surface area contributed by atoms with Crippen molar-refractivity contribution in [2.45, 2.75) is 27.3 Å². The first kappa shape index (κ1) is 9.74. The number of nitrogens with zero attached hydrogens (tertiary/aromatic N) is 1. The number of hydrogen-bond donors (Lipinski definition) is 1. The first-order valence-electron chi connectivity index (χ1n) is 3.54. The highest BCUT2D eigenvalue weighted by Gasteiger charge is 1.96. The minimum absolute atomic E-state index is 0.373. The Hall–Kier alpha value is -1.26. The molecule has 11 heavy (non-hydrogen) atoms. The number of aromatic amines is 1. The number of aryl methyl sites for hydroxylation is 1. The van der Waals surface area contributed by atoms with Gasteiger partial charge >= 0.3 is 11.4 Å². The molecule has 1 heterocycles. The van der Waals surface area contributed by atoms with Gasteiger partial charge in [-0.2, -0.15) is 4.74 Å². The van der Waals surface area contributed by atoms with Crippen molar-refractivity contribution in [3.63, 3.8) is 0 Å². The molecule has 0 amide bonds. The second kappa shape index (κ2) is 4.54. The van der Waals surface area contributed by atoms with E-state index in [2.05, 4.69) is 4.52 Å². The first-order valence-corrected chi connectivity index (χ1v) is 3.54. The summed E-state index contributed by atoms with van der Waals surface area (Å²) in [5.74, 6) is -0.707. The average molecular weight is 160 g/mol. The molecule has 0 aliphatic rings. The fourth-order valence-corrected chi connectivity index (χ4v) is 0.522.